The molecule has 1 aromatic carbocycles. The van der Waals surface area contributed by atoms with E-state index in [4.69, 9.17) is 21.5 Å². The lowest BCUT2D eigenvalue weighted by atomic mass is 9.92. The third-order valence-corrected chi connectivity index (χ3v) is 3.32. The number of benzene rings is 1. The van der Waals surface area contributed by atoms with E-state index in [-0.39, 0.29) is 17.3 Å². The average molecular weight is 252 g/mol. The van der Waals surface area contributed by atoms with Gasteiger partial charge in [-0.25, -0.2) is 0 Å². The summed E-state index contributed by atoms with van der Waals surface area (Å²) in [7, 11) is 0. The zero-order valence-corrected chi connectivity index (χ0v) is 10.1. The Kier molecular flexibility index (Phi) is 2.50. The third kappa shape index (κ3) is 1.66. The molecule has 0 saturated heterocycles. The quantitative estimate of drug-likeness (QED) is 0.804. The molecule has 1 aliphatic rings. The summed E-state index contributed by atoms with van der Waals surface area (Å²) < 4.78 is 5.55. The monoisotopic (exact) mass is 252 g/mol. The summed E-state index contributed by atoms with van der Waals surface area (Å²) in [5.74, 6) is 0.548. The van der Waals surface area contributed by atoms with Crippen LogP contribution in [0.4, 0.5) is 11.5 Å². The fraction of sp³-hybridized carbons (Fsp3) is 0.143. The molecule has 19 heavy (non-hydrogen) atoms. The van der Waals surface area contributed by atoms with Gasteiger partial charge in [0.15, 0.2) is 0 Å². The van der Waals surface area contributed by atoms with Gasteiger partial charge in [0, 0.05) is 5.56 Å². The average Bonchev–Trinajstić information content (AvgIpc) is 2.84. The highest BCUT2D eigenvalue weighted by Gasteiger charge is 2.31. The van der Waals surface area contributed by atoms with Crippen LogP contribution in [0.3, 0.4) is 0 Å². The van der Waals surface area contributed by atoms with Crippen molar-refractivity contribution in [1.82, 2.24) is 4.98 Å². The lowest BCUT2D eigenvalue weighted by Crippen LogP contribution is -2.07. The van der Waals surface area contributed by atoms with Gasteiger partial charge in [0.2, 0.25) is 5.88 Å². The SMILES string of the molecule is N#Cc1c(N)nc2c(c1N)[C@H](c1ccccc1)CO2. The standard InChI is InChI=1S/C14H12N4O/c15-6-9-12(16)11-10(8-4-2-1-3-5-8)7-19-14(11)18-13(9)17/h1-5,10H,7H2,(H4,16,17,18)/t10-/m0/s1. The second kappa shape index (κ2) is 4.18. The molecule has 2 aromatic rings. The fourth-order valence-electron chi connectivity index (χ4n) is 2.37. The van der Waals surface area contributed by atoms with Crippen molar-refractivity contribution in [3.8, 4) is 11.9 Å². The van der Waals surface area contributed by atoms with Crippen LogP contribution < -0.4 is 16.2 Å². The van der Waals surface area contributed by atoms with E-state index in [9.17, 15) is 0 Å². The highest BCUT2D eigenvalue weighted by atomic mass is 16.5. The number of aromatic nitrogens is 1. The summed E-state index contributed by atoms with van der Waals surface area (Å²) in [6, 6.07) is 11.9. The molecule has 5 heteroatoms. The van der Waals surface area contributed by atoms with E-state index in [1.165, 1.54) is 0 Å². The first-order chi connectivity index (χ1) is 9.22. The molecule has 2 heterocycles. The van der Waals surface area contributed by atoms with Crippen molar-refractivity contribution in [1.29, 1.82) is 5.26 Å². The minimum atomic E-state index is -0.00333. The first-order valence-electron chi connectivity index (χ1n) is 5.89. The molecule has 1 atom stereocenters. The molecule has 0 bridgehead atoms. The normalized spacial score (nSPS) is 16.5. The summed E-state index contributed by atoms with van der Waals surface area (Å²) in [4.78, 5) is 4.11. The van der Waals surface area contributed by atoms with Crippen LogP contribution in [-0.2, 0) is 0 Å². The van der Waals surface area contributed by atoms with Gasteiger partial charge >= 0.3 is 0 Å². The molecular formula is C14H12N4O. The zero-order valence-electron chi connectivity index (χ0n) is 10.1. The fourth-order valence-corrected chi connectivity index (χ4v) is 2.37. The number of nitrogen functional groups attached to an aromatic ring is 2. The highest BCUT2D eigenvalue weighted by molar-refractivity contribution is 5.72. The molecule has 4 N–H and O–H groups in total. The second-order valence-electron chi connectivity index (χ2n) is 4.39. The maximum atomic E-state index is 9.10. The molecule has 0 unspecified atom stereocenters. The third-order valence-electron chi connectivity index (χ3n) is 3.32. The predicted molar refractivity (Wildman–Crippen MR) is 71.6 cm³/mol. The molecule has 0 spiro atoms. The predicted octanol–water partition coefficient (Wildman–Crippen LogP) is 1.64. The van der Waals surface area contributed by atoms with Crippen LogP contribution in [0.2, 0.25) is 0 Å². The molecule has 0 radical (unpaired) electrons. The van der Waals surface area contributed by atoms with E-state index in [1.807, 2.05) is 36.4 Å². The molecule has 3 rings (SSSR count). The lowest BCUT2D eigenvalue weighted by Gasteiger charge is -2.12. The number of fused-ring (bicyclic) bond motifs is 1. The molecule has 5 nitrogen and oxygen atoms in total. The first kappa shape index (κ1) is 11.4. The van der Waals surface area contributed by atoms with Crippen LogP contribution in [0.15, 0.2) is 30.3 Å². The van der Waals surface area contributed by atoms with Crippen molar-refractivity contribution >= 4 is 11.5 Å². The van der Waals surface area contributed by atoms with Gasteiger partial charge in [0.25, 0.3) is 0 Å². The topological polar surface area (TPSA) is 98.0 Å². The van der Waals surface area contributed by atoms with E-state index in [0.29, 0.717) is 18.2 Å². The van der Waals surface area contributed by atoms with Crippen LogP contribution >= 0.6 is 0 Å². The number of nitrogens with two attached hydrogens (primary N) is 2. The molecule has 0 aliphatic carbocycles. The van der Waals surface area contributed by atoms with Crippen molar-refractivity contribution in [3.05, 3.63) is 47.0 Å². The number of pyridine rings is 1. The van der Waals surface area contributed by atoms with Crippen molar-refractivity contribution < 1.29 is 4.74 Å². The number of rotatable bonds is 1. The lowest BCUT2D eigenvalue weighted by molar-refractivity contribution is 0.332. The summed E-state index contributed by atoms with van der Waals surface area (Å²) in [5, 5.41) is 9.10. The van der Waals surface area contributed by atoms with Gasteiger partial charge in [-0.2, -0.15) is 10.2 Å². The van der Waals surface area contributed by atoms with Crippen molar-refractivity contribution in [2.75, 3.05) is 18.1 Å². The number of nitrogens with zero attached hydrogens (tertiary/aromatic N) is 2. The summed E-state index contributed by atoms with van der Waals surface area (Å²) in [6.07, 6.45) is 0. The minimum Gasteiger partial charge on any atom is -0.476 e. The Balaban J connectivity index is 2.18. The van der Waals surface area contributed by atoms with Crippen LogP contribution in [0.25, 0.3) is 0 Å². The smallest absolute Gasteiger partial charge is 0.221 e. The van der Waals surface area contributed by atoms with Crippen molar-refractivity contribution in [2.45, 2.75) is 5.92 Å². The van der Waals surface area contributed by atoms with Crippen molar-refractivity contribution in [3.63, 3.8) is 0 Å². The largest absolute Gasteiger partial charge is 0.476 e. The van der Waals surface area contributed by atoms with Gasteiger partial charge in [-0.1, -0.05) is 30.3 Å². The van der Waals surface area contributed by atoms with E-state index in [0.717, 1.165) is 11.1 Å². The zero-order chi connectivity index (χ0) is 13.4. The molecule has 0 saturated carbocycles. The van der Waals surface area contributed by atoms with Gasteiger partial charge in [-0.05, 0) is 5.56 Å². The summed E-state index contributed by atoms with van der Waals surface area (Å²) >= 11 is 0. The Morgan fingerprint density at radius 2 is 2.00 bits per heavy atom. The first-order valence-corrected chi connectivity index (χ1v) is 5.89. The molecule has 1 aromatic heterocycles. The molecule has 0 fully saturated rings. The summed E-state index contributed by atoms with van der Waals surface area (Å²) in [6.45, 7) is 0.463. The second-order valence-corrected chi connectivity index (χ2v) is 4.39. The van der Waals surface area contributed by atoms with E-state index >= 15 is 0 Å². The molecule has 0 amide bonds. The number of ether oxygens (including phenoxy) is 1. The van der Waals surface area contributed by atoms with Crippen LogP contribution in [0.5, 0.6) is 5.88 Å². The van der Waals surface area contributed by atoms with Gasteiger partial charge in [0.05, 0.1) is 11.6 Å². The highest BCUT2D eigenvalue weighted by Crippen LogP contribution is 2.42. The Bertz CT molecular complexity index is 676. The van der Waals surface area contributed by atoms with Gasteiger partial charge in [-0.15, -0.1) is 0 Å². The van der Waals surface area contributed by atoms with E-state index < -0.39 is 0 Å². The number of anilines is 2. The molecule has 94 valence electrons. The van der Waals surface area contributed by atoms with Gasteiger partial charge < -0.3 is 16.2 Å². The molecular weight excluding hydrogens is 240 g/mol. The van der Waals surface area contributed by atoms with Crippen LogP contribution in [0, 0.1) is 11.3 Å². The van der Waals surface area contributed by atoms with E-state index in [2.05, 4.69) is 4.98 Å². The van der Waals surface area contributed by atoms with Crippen LogP contribution in [-0.4, -0.2) is 11.6 Å². The Morgan fingerprint density at radius 1 is 1.26 bits per heavy atom. The van der Waals surface area contributed by atoms with E-state index in [1.54, 1.807) is 0 Å². The van der Waals surface area contributed by atoms with Crippen molar-refractivity contribution in [2.24, 2.45) is 0 Å². The minimum absolute atomic E-state index is 0.00333. The van der Waals surface area contributed by atoms with Gasteiger partial charge in [0.1, 0.15) is 24.1 Å². The van der Waals surface area contributed by atoms with Crippen LogP contribution in [0.1, 0.15) is 22.6 Å². The number of hydrogen-bond donors (Lipinski definition) is 2. The molecule has 1 aliphatic heterocycles. The Labute approximate surface area is 110 Å². The van der Waals surface area contributed by atoms with Gasteiger partial charge in [-0.3, -0.25) is 0 Å². The number of hydrogen-bond acceptors (Lipinski definition) is 5. The summed E-state index contributed by atoms with van der Waals surface area (Å²) in [5.41, 5.74) is 14.2. The number of nitriles is 1. The Morgan fingerprint density at radius 3 is 2.68 bits per heavy atom. The maximum absolute atomic E-state index is 9.10. The maximum Gasteiger partial charge on any atom is 0.221 e. The Hall–Kier alpha value is -2.74.